The van der Waals surface area contributed by atoms with Crippen molar-refractivity contribution in [2.45, 2.75) is 36.9 Å². The third-order valence-corrected chi connectivity index (χ3v) is 7.21. The van der Waals surface area contributed by atoms with Gasteiger partial charge in [-0.25, -0.2) is 0 Å². The van der Waals surface area contributed by atoms with Gasteiger partial charge in [-0.3, -0.25) is 14.9 Å². The lowest BCUT2D eigenvalue weighted by Crippen LogP contribution is -2.60. The number of carbonyl (C=O) groups excluding carboxylic acids is 2. The van der Waals surface area contributed by atoms with Crippen LogP contribution < -0.4 is 10.6 Å². The molecule has 0 unspecified atom stereocenters. The number of likely N-dealkylation sites (tertiary alicyclic amines) is 1. The summed E-state index contributed by atoms with van der Waals surface area (Å²) in [6, 6.07) is 27.3. The van der Waals surface area contributed by atoms with Crippen molar-refractivity contribution in [2.24, 2.45) is 0 Å². The Hall–Kier alpha value is -3.15. The highest BCUT2D eigenvalue weighted by atomic mass is 35.5. The number of hydrogen-bond donors (Lipinski definition) is 2. The molecule has 0 aliphatic carbocycles. The Morgan fingerprint density at radius 3 is 1.88 bits per heavy atom. The minimum absolute atomic E-state index is 0.00401. The smallest absolute Gasteiger partial charge is 0.253 e. The van der Waals surface area contributed by atoms with Gasteiger partial charge in [0.1, 0.15) is 5.54 Å². The van der Waals surface area contributed by atoms with E-state index in [1.807, 2.05) is 41.3 Å². The van der Waals surface area contributed by atoms with Crippen molar-refractivity contribution in [3.63, 3.8) is 0 Å². The molecule has 5 nitrogen and oxygen atoms in total. The maximum atomic E-state index is 13.6. The van der Waals surface area contributed by atoms with Crippen molar-refractivity contribution in [1.29, 1.82) is 0 Å². The summed E-state index contributed by atoms with van der Waals surface area (Å²) in [7, 11) is 0. The molecule has 3 aromatic carbocycles. The highest BCUT2D eigenvalue weighted by Crippen LogP contribution is 2.33. The van der Waals surface area contributed by atoms with Gasteiger partial charge in [0.25, 0.3) is 5.91 Å². The largest absolute Gasteiger partial charge is 0.338 e. The molecule has 0 radical (unpaired) electrons. The van der Waals surface area contributed by atoms with Crippen LogP contribution in [0.3, 0.4) is 0 Å². The van der Waals surface area contributed by atoms with E-state index < -0.39 is 11.2 Å². The average Bonchev–Trinajstić information content (AvgIpc) is 3.11. The third-order valence-electron chi connectivity index (χ3n) is 6.96. The highest BCUT2D eigenvalue weighted by molar-refractivity contribution is 6.30. The van der Waals surface area contributed by atoms with Gasteiger partial charge in [0, 0.05) is 36.5 Å². The Morgan fingerprint density at radius 2 is 1.35 bits per heavy atom. The predicted molar refractivity (Wildman–Crippen MR) is 134 cm³/mol. The molecule has 3 aromatic rings. The van der Waals surface area contributed by atoms with Gasteiger partial charge in [-0.15, -0.1) is 0 Å². The summed E-state index contributed by atoms with van der Waals surface area (Å²) in [5.41, 5.74) is 1.61. The zero-order valence-electron chi connectivity index (χ0n) is 19.0. The first-order valence-electron chi connectivity index (χ1n) is 11.7. The number of nitrogens with zero attached hydrogens (tertiary/aromatic N) is 1. The van der Waals surface area contributed by atoms with Crippen molar-refractivity contribution in [1.82, 2.24) is 15.5 Å². The van der Waals surface area contributed by atoms with Crippen LogP contribution in [0.15, 0.2) is 84.9 Å². The number of amides is 2. The van der Waals surface area contributed by atoms with Crippen molar-refractivity contribution >= 4 is 23.4 Å². The Kier molecular flexibility index (Phi) is 6.15. The molecule has 0 saturated carbocycles. The Bertz CT molecular complexity index is 1120. The zero-order valence-corrected chi connectivity index (χ0v) is 19.7. The van der Waals surface area contributed by atoms with Crippen molar-refractivity contribution < 1.29 is 9.59 Å². The Morgan fingerprint density at radius 1 is 0.824 bits per heavy atom. The number of rotatable bonds is 5. The summed E-state index contributed by atoms with van der Waals surface area (Å²) < 4.78 is 0. The molecule has 5 rings (SSSR count). The van der Waals surface area contributed by atoms with Crippen LogP contribution in [0.25, 0.3) is 0 Å². The lowest BCUT2D eigenvalue weighted by atomic mass is 9.84. The summed E-state index contributed by atoms with van der Waals surface area (Å²) in [6.45, 7) is 1.14. The van der Waals surface area contributed by atoms with Crippen LogP contribution in [-0.4, -0.2) is 41.0 Å². The van der Waals surface area contributed by atoms with Crippen molar-refractivity contribution in [3.05, 3.63) is 107 Å². The minimum atomic E-state index is -0.745. The first kappa shape index (κ1) is 22.6. The van der Waals surface area contributed by atoms with E-state index in [0.717, 1.165) is 11.1 Å². The van der Waals surface area contributed by atoms with Crippen LogP contribution in [-0.2, 0) is 17.6 Å². The monoisotopic (exact) mass is 473 g/mol. The van der Waals surface area contributed by atoms with Gasteiger partial charge in [-0.1, -0.05) is 72.3 Å². The molecule has 0 atom stereocenters. The lowest BCUT2D eigenvalue weighted by molar-refractivity contribution is -0.124. The fraction of sp³-hybridized carbons (Fsp3) is 0.286. The second kappa shape index (κ2) is 9.24. The van der Waals surface area contributed by atoms with E-state index in [9.17, 15) is 9.59 Å². The average molecular weight is 474 g/mol. The SMILES string of the molecule is O=C(c1ccc(Cl)cc1)N1CCC2(CC1)NC(=O)C(Cc1ccccc1)(Cc1ccccc1)N2. The molecule has 2 saturated heterocycles. The van der Waals surface area contributed by atoms with E-state index in [4.69, 9.17) is 11.6 Å². The van der Waals surface area contributed by atoms with E-state index >= 15 is 0 Å². The predicted octanol–water partition coefficient (Wildman–Crippen LogP) is 4.22. The molecule has 2 aliphatic heterocycles. The molecular weight excluding hydrogens is 446 g/mol. The molecule has 2 fully saturated rings. The quantitative estimate of drug-likeness (QED) is 0.583. The number of nitrogens with one attached hydrogen (secondary N) is 2. The highest BCUT2D eigenvalue weighted by Gasteiger charge is 2.54. The minimum Gasteiger partial charge on any atom is -0.338 e. The van der Waals surface area contributed by atoms with E-state index in [-0.39, 0.29) is 11.8 Å². The van der Waals surface area contributed by atoms with Gasteiger partial charge in [0.15, 0.2) is 0 Å². The molecule has 0 aromatic heterocycles. The van der Waals surface area contributed by atoms with Crippen LogP contribution in [0.5, 0.6) is 0 Å². The van der Waals surface area contributed by atoms with Crippen LogP contribution in [0.2, 0.25) is 5.02 Å². The van der Waals surface area contributed by atoms with Crippen molar-refractivity contribution in [2.75, 3.05) is 13.1 Å². The van der Waals surface area contributed by atoms with Gasteiger partial charge in [0.05, 0.1) is 5.66 Å². The fourth-order valence-corrected chi connectivity index (χ4v) is 5.33. The molecule has 2 amide bonds. The van der Waals surface area contributed by atoms with Gasteiger partial charge in [0.2, 0.25) is 5.91 Å². The topological polar surface area (TPSA) is 61.4 Å². The number of hydrogen-bond acceptors (Lipinski definition) is 3. The number of benzene rings is 3. The molecule has 2 heterocycles. The van der Waals surface area contributed by atoms with Crippen LogP contribution >= 0.6 is 11.6 Å². The summed E-state index contributed by atoms with van der Waals surface area (Å²) in [4.78, 5) is 28.4. The fourth-order valence-electron chi connectivity index (χ4n) is 5.20. The number of carbonyl (C=O) groups is 2. The molecule has 6 heteroatoms. The van der Waals surface area contributed by atoms with Crippen LogP contribution in [0.1, 0.15) is 34.3 Å². The lowest BCUT2D eigenvalue weighted by Gasteiger charge is -2.41. The van der Waals surface area contributed by atoms with Crippen LogP contribution in [0.4, 0.5) is 0 Å². The maximum Gasteiger partial charge on any atom is 0.253 e. The van der Waals surface area contributed by atoms with Gasteiger partial charge < -0.3 is 10.2 Å². The normalized spacial score (nSPS) is 18.6. The standard InChI is InChI=1S/C28H28ClN3O2/c29-24-13-11-23(12-14-24)25(33)32-17-15-28(16-18-32)30-26(34)27(31-28,19-21-7-3-1-4-8-21)20-22-9-5-2-6-10-22/h1-14,31H,15-20H2,(H,30,34). The summed E-state index contributed by atoms with van der Waals surface area (Å²) >= 11 is 5.97. The van der Waals surface area contributed by atoms with E-state index in [0.29, 0.717) is 49.4 Å². The molecule has 1 spiro atoms. The van der Waals surface area contributed by atoms with Gasteiger partial charge in [-0.05, 0) is 48.2 Å². The summed E-state index contributed by atoms with van der Waals surface area (Å²) in [5, 5.41) is 7.67. The summed E-state index contributed by atoms with van der Waals surface area (Å²) in [6.07, 6.45) is 2.51. The van der Waals surface area contributed by atoms with Crippen molar-refractivity contribution in [3.8, 4) is 0 Å². The molecule has 2 N–H and O–H groups in total. The van der Waals surface area contributed by atoms with E-state index in [1.165, 1.54) is 0 Å². The van der Waals surface area contributed by atoms with E-state index in [1.54, 1.807) is 24.3 Å². The number of halogens is 1. The Labute approximate surface area is 205 Å². The second-order valence-electron chi connectivity index (χ2n) is 9.37. The first-order chi connectivity index (χ1) is 16.5. The molecule has 34 heavy (non-hydrogen) atoms. The third kappa shape index (κ3) is 4.59. The Balaban J connectivity index is 1.35. The van der Waals surface area contributed by atoms with Crippen LogP contribution in [0, 0.1) is 0 Å². The molecule has 174 valence electrons. The van der Waals surface area contributed by atoms with Gasteiger partial charge in [-0.2, -0.15) is 0 Å². The summed E-state index contributed by atoms with van der Waals surface area (Å²) in [5.74, 6) is 0.0216. The van der Waals surface area contributed by atoms with E-state index in [2.05, 4.69) is 34.9 Å². The first-order valence-corrected chi connectivity index (χ1v) is 12.1. The molecular formula is C28H28ClN3O2. The maximum absolute atomic E-state index is 13.6. The zero-order chi connectivity index (χ0) is 23.6. The van der Waals surface area contributed by atoms with Gasteiger partial charge >= 0.3 is 0 Å². The molecule has 0 bridgehead atoms. The molecule has 2 aliphatic rings. The number of piperidine rings is 1. The second-order valence-corrected chi connectivity index (χ2v) is 9.80.